The van der Waals surface area contributed by atoms with Gasteiger partial charge in [-0.3, -0.25) is 0 Å². The van der Waals surface area contributed by atoms with E-state index < -0.39 is 3.79 Å². The van der Waals surface area contributed by atoms with E-state index >= 15 is 0 Å². The largest absolute Gasteiger partial charge is 0.416 e. The van der Waals surface area contributed by atoms with Gasteiger partial charge in [0.25, 0.3) is 9.68 Å². The van der Waals surface area contributed by atoms with E-state index in [0.717, 1.165) is 11.1 Å². The smallest absolute Gasteiger partial charge is 0.268 e. The van der Waals surface area contributed by atoms with Gasteiger partial charge in [-0.1, -0.05) is 101 Å². The molecule has 0 fully saturated rings. The molecule has 6 heteroatoms. The molecule has 3 nitrogen and oxygen atoms in total. The maximum absolute atomic E-state index is 5.67. The van der Waals surface area contributed by atoms with Crippen LogP contribution in [0.5, 0.6) is 0 Å². The van der Waals surface area contributed by atoms with Crippen LogP contribution < -0.4 is 0 Å². The van der Waals surface area contributed by atoms with E-state index in [4.69, 9.17) is 39.2 Å². The number of hydrogen-bond donors (Lipinski definition) is 0. The number of aryl methyl sites for hydroxylation is 2. The summed E-state index contributed by atoms with van der Waals surface area (Å²) < 4.78 is 3.62. The van der Waals surface area contributed by atoms with Crippen LogP contribution in [0, 0.1) is 13.8 Å². The minimum absolute atomic E-state index is 0.0378. The van der Waals surface area contributed by atoms with Crippen LogP contribution in [0.3, 0.4) is 0 Å². The Bertz CT molecular complexity index is 851. The molecule has 1 heterocycles. The summed E-state index contributed by atoms with van der Waals surface area (Å²) in [5.74, 6) is 0.297. The van der Waals surface area contributed by atoms with E-state index in [1.807, 2.05) is 62.4 Å². The first-order valence-corrected chi connectivity index (χ1v) is 9.07. The number of allylic oxidation sites excluding steroid dienone is 1. The predicted octanol–water partition coefficient (Wildman–Crippen LogP) is 6.76. The van der Waals surface area contributed by atoms with Crippen LogP contribution in [-0.4, -0.2) is 10.2 Å². The third-order valence-electron chi connectivity index (χ3n) is 3.41. The molecule has 1 aromatic heterocycles. The molecule has 136 valence electrons. The first kappa shape index (κ1) is 20.5. The highest BCUT2D eigenvalue weighted by atomic mass is 35.6. The highest BCUT2D eigenvalue weighted by Crippen LogP contribution is 2.37. The van der Waals surface area contributed by atoms with E-state index in [2.05, 4.69) is 29.3 Å². The minimum atomic E-state index is -1.70. The van der Waals surface area contributed by atoms with Crippen molar-refractivity contribution in [1.29, 1.82) is 0 Å². The standard InChI is InChI=1S/C13H11Cl3N2O.C7H8/c1-8-3-5-10(6-4-8)7-9(2)11-17-18-12(19-11)13(14,15)16;1-7-5-3-2-4-6-7/h3-7H,1-2H3;2-6H,1H3. The highest BCUT2D eigenvalue weighted by molar-refractivity contribution is 6.66. The van der Waals surface area contributed by atoms with Gasteiger partial charge >= 0.3 is 0 Å². The maximum Gasteiger partial charge on any atom is 0.268 e. The van der Waals surface area contributed by atoms with E-state index in [9.17, 15) is 0 Å². The molecule has 0 unspecified atom stereocenters. The monoisotopic (exact) mass is 408 g/mol. The Balaban J connectivity index is 0.000000290. The Morgan fingerprint density at radius 1 is 0.885 bits per heavy atom. The average molecular weight is 410 g/mol. The van der Waals surface area contributed by atoms with Gasteiger partial charge in [0.15, 0.2) is 0 Å². The topological polar surface area (TPSA) is 38.9 Å². The van der Waals surface area contributed by atoms with Crippen LogP contribution >= 0.6 is 34.8 Å². The van der Waals surface area contributed by atoms with E-state index in [-0.39, 0.29) is 5.89 Å². The van der Waals surface area contributed by atoms with Crippen molar-refractivity contribution in [3.8, 4) is 0 Å². The van der Waals surface area contributed by atoms with Crippen molar-refractivity contribution < 1.29 is 4.42 Å². The normalized spacial score (nSPS) is 11.7. The Morgan fingerprint density at radius 2 is 1.46 bits per heavy atom. The van der Waals surface area contributed by atoms with Crippen LogP contribution in [0.2, 0.25) is 0 Å². The van der Waals surface area contributed by atoms with Crippen molar-refractivity contribution >= 4 is 46.5 Å². The number of rotatable bonds is 2. The summed E-state index contributed by atoms with van der Waals surface area (Å²) in [4.78, 5) is 0. The second kappa shape index (κ2) is 9.22. The Morgan fingerprint density at radius 3 is 1.92 bits per heavy atom. The summed E-state index contributed by atoms with van der Waals surface area (Å²) in [5.41, 5.74) is 4.36. The summed E-state index contributed by atoms with van der Waals surface area (Å²) in [5, 5.41) is 7.57. The van der Waals surface area contributed by atoms with Gasteiger partial charge in [0.2, 0.25) is 5.89 Å². The Hall–Kier alpha value is -1.81. The summed E-state index contributed by atoms with van der Waals surface area (Å²) in [6.45, 7) is 5.97. The lowest BCUT2D eigenvalue weighted by Crippen LogP contribution is -1.99. The van der Waals surface area contributed by atoms with Crippen LogP contribution in [0.4, 0.5) is 0 Å². The second-order valence-corrected chi connectivity index (χ2v) is 8.08. The first-order chi connectivity index (χ1) is 12.3. The zero-order chi connectivity index (χ0) is 19.2. The van der Waals surface area contributed by atoms with Crippen molar-refractivity contribution in [2.24, 2.45) is 0 Å². The molecule has 0 amide bonds. The average Bonchev–Trinajstić information content (AvgIpc) is 3.09. The van der Waals surface area contributed by atoms with Gasteiger partial charge in [0.05, 0.1) is 0 Å². The fourth-order valence-corrected chi connectivity index (χ4v) is 2.24. The molecule has 0 N–H and O–H groups in total. The lowest BCUT2D eigenvalue weighted by molar-refractivity contribution is 0.490. The van der Waals surface area contributed by atoms with Gasteiger partial charge in [0, 0.05) is 5.57 Å². The maximum atomic E-state index is 5.67. The lowest BCUT2D eigenvalue weighted by Gasteiger charge is -2.02. The second-order valence-electron chi connectivity index (χ2n) is 5.80. The molecule has 0 saturated carbocycles. The number of benzene rings is 2. The molecule has 0 aliphatic rings. The summed E-state index contributed by atoms with van der Waals surface area (Å²) in [6, 6.07) is 18.3. The highest BCUT2D eigenvalue weighted by Gasteiger charge is 2.30. The third-order valence-corrected chi connectivity index (χ3v) is 3.89. The van der Waals surface area contributed by atoms with Gasteiger partial charge in [-0.2, -0.15) is 0 Å². The van der Waals surface area contributed by atoms with Crippen LogP contribution in [0.1, 0.15) is 35.4 Å². The number of halogens is 3. The quantitative estimate of drug-likeness (QED) is 0.439. The molecular weight excluding hydrogens is 391 g/mol. The van der Waals surface area contributed by atoms with Crippen LogP contribution in [0.25, 0.3) is 11.6 Å². The first-order valence-electron chi connectivity index (χ1n) is 7.93. The number of hydrogen-bond acceptors (Lipinski definition) is 3. The fourth-order valence-electron chi connectivity index (χ4n) is 2.01. The van der Waals surface area contributed by atoms with Crippen molar-refractivity contribution in [3.63, 3.8) is 0 Å². The van der Waals surface area contributed by atoms with E-state index in [1.54, 1.807) is 0 Å². The molecule has 3 aromatic rings. The van der Waals surface area contributed by atoms with Crippen LogP contribution in [-0.2, 0) is 3.79 Å². The Kier molecular flexibility index (Phi) is 7.27. The zero-order valence-corrected chi connectivity index (χ0v) is 17.0. The molecule has 26 heavy (non-hydrogen) atoms. The number of nitrogens with zero attached hydrogens (tertiary/aromatic N) is 2. The summed E-state index contributed by atoms with van der Waals surface area (Å²) >= 11 is 17.0. The van der Waals surface area contributed by atoms with Crippen LogP contribution in [0.15, 0.2) is 59.0 Å². The molecule has 0 atom stereocenters. The Labute approximate surface area is 168 Å². The van der Waals surface area contributed by atoms with Gasteiger partial charge in [0.1, 0.15) is 0 Å². The lowest BCUT2D eigenvalue weighted by atomic mass is 10.1. The molecule has 2 aromatic carbocycles. The van der Waals surface area contributed by atoms with Gasteiger partial charge in [-0.15, -0.1) is 10.2 Å². The minimum Gasteiger partial charge on any atom is -0.416 e. The van der Waals surface area contributed by atoms with E-state index in [0.29, 0.717) is 5.89 Å². The van der Waals surface area contributed by atoms with E-state index in [1.165, 1.54) is 11.1 Å². The molecule has 0 spiro atoms. The molecule has 0 aliphatic carbocycles. The van der Waals surface area contributed by atoms with Gasteiger partial charge in [-0.05, 0) is 32.4 Å². The molecular formula is C20H19Cl3N2O. The third kappa shape index (κ3) is 6.49. The number of alkyl halides is 3. The molecule has 0 radical (unpaired) electrons. The molecule has 0 saturated heterocycles. The predicted molar refractivity (Wildman–Crippen MR) is 109 cm³/mol. The van der Waals surface area contributed by atoms with Gasteiger partial charge in [-0.25, -0.2) is 0 Å². The van der Waals surface area contributed by atoms with Crippen molar-refractivity contribution in [3.05, 3.63) is 83.1 Å². The summed E-state index contributed by atoms with van der Waals surface area (Å²) in [6.07, 6.45) is 1.93. The van der Waals surface area contributed by atoms with Gasteiger partial charge < -0.3 is 4.42 Å². The summed E-state index contributed by atoms with van der Waals surface area (Å²) in [7, 11) is 0. The zero-order valence-electron chi connectivity index (χ0n) is 14.7. The van der Waals surface area contributed by atoms with Crippen molar-refractivity contribution in [2.45, 2.75) is 24.6 Å². The fraction of sp³-hybridized carbons (Fsp3) is 0.200. The van der Waals surface area contributed by atoms with Crippen molar-refractivity contribution in [1.82, 2.24) is 10.2 Å². The van der Waals surface area contributed by atoms with Crippen molar-refractivity contribution in [2.75, 3.05) is 0 Å². The molecule has 0 aliphatic heterocycles. The number of aromatic nitrogens is 2. The SMILES string of the molecule is CC(=Cc1ccc(C)cc1)c1nnc(C(Cl)(Cl)Cl)o1.Cc1ccccc1. The molecule has 3 rings (SSSR count). The molecule has 0 bridgehead atoms.